The average Bonchev–Trinajstić information content (AvgIpc) is 2.76. The van der Waals surface area contributed by atoms with Gasteiger partial charge in [0.15, 0.2) is 0 Å². The third kappa shape index (κ3) is 1.93. The van der Waals surface area contributed by atoms with Crippen molar-refractivity contribution < 1.29 is 0 Å². The number of nitrogens with zero attached hydrogens (tertiary/aromatic N) is 2. The van der Waals surface area contributed by atoms with E-state index in [0.29, 0.717) is 5.02 Å². The van der Waals surface area contributed by atoms with Gasteiger partial charge in [-0.15, -0.1) is 0 Å². The van der Waals surface area contributed by atoms with Crippen LogP contribution in [0.25, 0.3) is 5.65 Å². The molecule has 0 radical (unpaired) electrons. The Bertz CT molecular complexity index is 650. The molecule has 2 aromatic heterocycles. The molecule has 0 aliphatic rings. The minimum Gasteiger partial charge on any atom is -0.337 e. The van der Waals surface area contributed by atoms with E-state index in [9.17, 15) is 0 Å². The van der Waals surface area contributed by atoms with Crippen LogP contribution in [0.1, 0.15) is 5.56 Å². The van der Waals surface area contributed by atoms with Gasteiger partial charge < -0.3 is 9.72 Å². The maximum absolute atomic E-state index is 6.18. The highest BCUT2D eigenvalue weighted by Gasteiger charge is 2.06. The number of rotatable bonds is 2. The lowest BCUT2D eigenvalue weighted by atomic mass is 10.2. The van der Waals surface area contributed by atoms with Gasteiger partial charge >= 0.3 is 0 Å². The molecule has 1 N–H and O–H groups in total. The second-order valence-corrected chi connectivity index (χ2v) is 4.56. The molecule has 3 rings (SSSR count). The first kappa shape index (κ1) is 11.1. The second kappa shape index (κ2) is 4.35. The molecule has 0 fully saturated rings. The number of aromatic nitrogens is 2. The van der Waals surface area contributed by atoms with Gasteiger partial charge in [0.2, 0.25) is 0 Å². The van der Waals surface area contributed by atoms with Crippen molar-refractivity contribution in [2.75, 3.05) is 5.32 Å². The van der Waals surface area contributed by atoms with Crippen LogP contribution in [0.4, 0.5) is 11.5 Å². The van der Waals surface area contributed by atoms with Crippen molar-refractivity contribution in [3.63, 3.8) is 0 Å². The lowest BCUT2D eigenvalue weighted by Crippen LogP contribution is -1.93. The highest BCUT2D eigenvalue weighted by atomic mass is 35.5. The zero-order valence-corrected chi connectivity index (χ0v) is 10.6. The zero-order valence-electron chi connectivity index (χ0n) is 9.89. The Hall–Kier alpha value is -2.00. The Labute approximate surface area is 110 Å². The van der Waals surface area contributed by atoms with Gasteiger partial charge in [-0.05, 0) is 30.7 Å². The van der Waals surface area contributed by atoms with Gasteiger partial charge in [0.25, 0.3) is 0 Å². The Morgan fingerprint density at radius 3 is 2.83 bits per heavy atom. The number of hydrogen-bond acceptors (Lipinski definition) is 2. The molecule has 0 spiro atoms. The van der Waals surface area contributed by atoms with Crippen molar-refractivity contribution in [2.24, 2.45) is 0 Å². The molecule has 3 nitrogen and oxygen atoms in total. The summed E-state index contributed by atoms with van der Waals surface area (Å²) in [6.45, 7) is 2.02. The fourth-order valence-corrected chi connectivity index (χ4v) is 2.18. The fourth-order valence-electron chi connectivity index (χ4n) is 1.91. The number of aryl methyl sites for hydroxylation is 1. The molecule has 0 aliphatic heterocycles. The van der Waals surface area contributed by atoms with E-state index in [4.69, 9.17) is 11.6 Å². The number of nitrogens with one attached hydrogen (secondary N) is 1. The predicted molar refractivity (Wildman–Crippen MR) is 74.7 cm³/mol. The molecule has 0 aliphatic carbocycles. The molecule has 0 atom stereocenters. The molecule has 18 heavy (non-hydrogen) atoms. The first-order chi connectivity index (χ1) is 8.74. The summed E-state index contributed by atoms with van der Waals surface area (Å²) in [4.78, 5) is 4.48. The Morgan fingerprint density at radius 1 is 1.17 bits per heavy atom. The molecular weight excluding hydrogens is 246 g/mol. The van der Waals surface area contributed by atoms with Gasteiger partial charge in [0, 0.05) is 6.20 Å². The van der Waals surface area contributed by atoms with Crippen molar-refractivity contribution in [3.8, 4) is 0 Å². The van der Waals surface area contributed by atoms with Gasteiger partial charge in [0.1, 0.15) is 11.5 Å². The highest BCUT2D eigenvalue weighted by molar-refractivity contribution is 6.33. The molecular formula is C14H12ClN3. The van der Waals surface area contributed by atoms with E-state index in [-0.39, 0.29) is 0 Å². The van der Waals surface area contributed by atoms with Crippen LogP contribution in [-0.4, -0.2) is 9.38 Å². The molecule has 0 bridgehead atoms. The molecule has 0 saturated heterocycles. The average molecular weight is 258 g/mol. The lowest BCUT2D eigenvalue weighted by Gasteiger charge is -2.08. The van der Waals surface area contributed by atoms with Crippen LogP contribution in [0.3, 0.4) is 0 Å². The van der Waals surface area contributed by atoms with Crippen LogP contribution in [0, 0.1) is 6.92 Å². The number of hydrogen-bond donors (Lipinski definition) is 1. The molecule has 0 unspecified atom stereocenters. The monoisotopic (exact) mass is 257 g/mol. The molecule has 90 valence electrons. The van der Waals surface area contributed by atoms with Gasteiger partial charge in [0.05, 0.1) is 16.9 Å². The van der Waals surface area contributed by atoms with Gasteiger partial charge in [-0.2, -0.15) is 0 Å². The highest BCUT2D eigenvalue weighted by Crippen LogP contribution is 2.28. The van der Waals surface area contributed by atoms with E-state index >= 15 is 0 Å². The molecule has 0 saturated carbocycles. The summed E-state index contributed by atoms with van der Waals surface area (Å²) in [6.07, 6.45) is 3.91. The minimum absolute atomic E-state index is 0.701. The van der Waals surface area contributed by atoms with Crippen LogP contribution in [0.2, 0.25) is 5.02 Å². The maximum Gasteiger partial charge on any atom is 0.149 e. The Kier molecular flexibility index (Phi) is 2.68. The number of para-hydroxylation sites is 1. The molecule has 4 heteroatoms. The zero-order chi connectivity index (χ0) is 12.5. The van der Waals surface area contributed by atoms with Crippen LogP contribution < -0.4 is 5.32 Å². The Balaban J connectivity index is 2.01. The third-order valence-corrected chi connectivity index (χ3v) is 3.15. The summed E-state index contributed by atoms with van der Waals surface area (Å²) < 4.78 is 1.97. The second-order valence-electron chi connectivity index (χ2n) is 4.15. The smallest absolute Gasteiger partial charge is 0.149 e. The first-order valence-corrected chi connectivity index (χ1v) is 6.08. The summed E-state index contributed by atoms with van der Waals surface area (Å²) in [5.74, 6) is 0.789. The number of imidazole rings is 1. The van der Waals surface area contributed by atoms with E-state index in [0.717, 1.165) is 22.7 Å². The normalized spacial score (nSPS) is 10.8. The summed E-state index contributed by atoms with van der Waals surface area (Å²) >= 11 is 6.18. The van der Waals surface area contributed by atoms with Crippen LogP contribution >= 0.6 is 11.6 Å². The first-order valence-electron chi connectivity index (χ1n) is 5.70. The van der Waals surface area contributed by atoms with Crippen molar-refractivity contribution in [1.82, 2.24) is 9.38 Å². The quantitative estimate of drug-likeness (QED) is 0.751. The predicted octanol–water partition coefficient (Wildman–Crippen LogP) is 4.04. The van der Waals surface area contributed by atoms with Crippen molar-refractivity contribution >= 4 is 28.8 Å². The number of halogens is 1. The molecule has 1 aromatic carbocycles. The van der Waals surface area contributed by atoms with Crippen molar-refractivity contribution in [2.45, 2.75) is 6.92 Å². The van der Waals surface area contributed by atoms with Gasteiger partial charge in [-0.25, -0.2) is 4.98 Å². The van der Waals surface area contributed by atoms with E-state index in [1.54, 1.807) is 0 Å². The lowest BCUT2D eigenvalue weighted by molar-refractivity contribution is 1.19. The SMILES string of the molecule is Cc1cccc(Cl)c1Nc1cn2ccccc2n1. The van der Waals surface area contributed by atoms with Gasteiger partial charge in [-0.1, -0.05) is 29.8 Å². The van der Waals surface area contributed by atoms with Crippen LogP contribution in [0.15, 0.2) is 48.8 Å². The Morgan fingerprint density at radius 2 is 2.06 bits per heavy atom. The van der Waals surface area contributed by atoms with Crippen LogP contribution in [-0.2, 0) is 0 Å². The number of anilines is 2. The molecule has 3 aromatic rings. The summed E-state index contributed by atoms with van der Waals surface area (Å²) in [5, 5.41) is 3.97. The third-order valence-electron chi connectivity index (χ3n) is 2.84. The van der Waals surface area contributed by atoms with Crippen molar-refractivity contribution in [1.29, 1.82) is 0 Å². The van der Waals surface area contributed by atoms with E-state index < -0.39 is 0 Å². The standard InChI is InChI=1S/C14H12ClN3/c1-10-5-4-6-11(15)14(10)17-12-9-18-8-3-2-7-13(18)16-12/h2-9,17H,1H3. The van der Waals surface area contributed by atoms with Crippen molar-refractivity contribution in [3.05, 3.63) is 59.4 Å². The fraction of sp³-hybridized carbons (Fsp3) is 0.0714. The minimum atomic E-state index is 0.701. The topological polar surface area (TPSA) is 29.3 Å². The number of benzene rings is 1. The number of pyridine rings is 1. The van der Waals surface area contributed by atoms with E-state index in [1.165, 1.54) is 0 Å². The van der Waals surface area contributed by atoms with E-state index in [1.807, 2.05) is 60.1 Å². The summed E-state index contributed by atoms with van der Waals surface area (Å²) in [6, 6.07) is 11.7. The van der Waals surface area contributed by atoms with Gasteiger partial charge in [-0.3, -0.25) is 0 Å². The largest absolute Gasteiger partial charge is 0.337 e. The molecule has 2 heterocycles. The molecule has 0 amide bonds. The maximum atomic E-state index is 6.18. The number of fused-ring (bicyclic) bond motifs is 1. The van der Waals surface area contributed by atoms with Crippen LogP contribution in [0.5, 0.6) is 0 Å². The van der Waals surface area contributed by atoms with E-state index in [2.05, 4.69) is 10.3 Å². The summed E-state index contributed by atoms with van der Waals surface area (Å²) in [5.41, 5.74) is 2.91. The summed E-state index contributed by atoms with van der Waals surface area (Å²) in [7, 11) is 0.